The molecule has 0 radical (unpaired) electrons. The quantitative estimate of drug-likeness (QED) is 0.839. The molecule has 1 heterocycles. The van der Waals surface area contributed by atoms with Gasteiger partial charge < -0.3 is 10.0 Å². The number of nitrogens with zero attached hydrogens (tertiary/aromatic N) is 2. The molecule has 5 heteroatoms. The van der Waals surface area contributed by atoms with Crippen LogP contribution in [0.4, 0.5) is 4.39 Å². The highest BCUT2D eigenvalue weighted by molar-refractivity contribution is 5.78. The van der Waals surface area contributed by atoms with E-state index in [-0.39, 0.29) is 18.3 Å². The first-order valence-corrected chi connectivity index (χ1v) is 6.94. The van der Waals surface area contributed by atoms with Gasteiger partial charge in [-0.2, -0.15) is 0 Å². The second-order valence-corrected chi connectivity index (χ2v) is 5.10. The molecule has 0 spiro atoms. The van der Waals surface area contributed by atoms with E-state index < -0.39 is 0 Å². The topological polar surface area (TPSA) is 43.8 Å². The highest BCUT2D eigenvalue weighted by Gasteiger charge is 2.21. The van der Waals surface area contributed by atoms with Crippen molar-refractivity contribution in [3.63, 3.8) is 0 Å². The number of likely N-dealkylation sites (N-methyl/N-ethyl adjacent to an activating group) is 1. The Hall–Kier alpha value is -1.90. The predicted octanol–water partition coefficient (Wildman–Crippen LogP) is 0.834. The number of hydrogen-bond donors (Lipinski definition) is 1. The largest absolute Gasteiger partial charge is 0.395 e. The van der Waals surface area contributed by atoms with E-state index in [9.17, 15) is 9.18 Å². The van der Waals surface area contributed by atoms with Gasteiger partial charge in [0.1, 0.15) is 5.82 Å². The Kier molecular flexibility index (Phi) is 5.32. The molecular weight excluding hydrogens is 271 g/mol. The van der Waals surface area contributed by atoms with Crippen molar-refractivity contribution in [2.75, 3.05) is 33.3 Å². The molecule has 2 rings (SSSR count). The molecule has 0 aliphatic carbocycles. The van der Waals surface area contributed by atoms with E-state index >= 15 is 0 Å². The van der Waals surface area contributed by atoms with Crippen LogP contribution in [0.15, 0.2) is 18.2 Å². The van der Waals surface area contributed by atoms with E-state index in [0.29, 0.717) is 31.6 Å². The molecular formula is C16H19FN2O2. The van der Waals surface area contributed by atoms with Crippen molar-refractivity contribution in [3.8, 4) is 11.8 Å². The summed E-state index contributed by atoms with van der Waals surface area (Å²) in [4.78, 5) is 15.5. The number of amides is 1. The van der Waals surface area contributed by atoms with Gasteiger partial charge in [-0.05, 0) is 17.7 Å². The van der Waals surface area contributed by atoms with Crippen LogP contribution < -0.4 is 0 Å². The standard InChI is InChI=1S/C16H19FN2O2/c1-18-7-8-19(12-16(18)21)11-14-5-6-15(17)10-13(14)4-2-3-9-20/h5-6,10,20H,3,7-9,11-12H2,1H3. The van der Waals surface area contributed by atoms with Crippen LogP contribution >= 0.6 is 0 Å². The summed E-state index contributed by atoms with van der Waals surface area (Å²) in [5.74, 6) is 5.47. The van der Waals surface area contributed by atoms with E-state index in [1.165, 1.54) is 12.1 Å². The fourth-order valence-electron chi connectivity index (χ4n) is 2.20. The number of benzene rings is 1. The first-order valence-electron chi connectivity index (χ1n) is 6.94. The fourth-order valence-corrected chi connectivity index (χ4v) is 2.20. The Morgan fingerprint density at radius 3 is 2.90 bits per heavy atom. The number of piperazine rings is 1. The number of aliphatic hydroxyl groups excluding tert-OH is 1. The Morgan fingerprint density at radius 2 is 2.19 bits per heavy atom. The van der Waals surface area contributed by atoms with E-state index in [1.807, 2.05) is 4.90 Å². The smallest absolute Gasteiger partial charge is 0.236 e. The summed E-state index contributed by atoms with van der Waals surface area (Å²) in [7, 11) is 1.80. The van der Waals surface area contributed by atoms with Gasteiger partial charge in [0.05, 0.1) is 13.2 Å². The molecule has 1 aromatic rings. The van der Waals surface area contributed by atoms with Gasteiger partial charge in [0.25, 0.3) is 0 Å². The van der Waals surface area contributed by atoms with Crippen LogP contribution in [0.5, 0.6) is 0 Å². The number of halogens is 1. The molecule has 112 valence electrons. The summed E-state index contributed by atoms with van der Waals surface area (Å²) in [6.07, 6.45) is 0.364. The number of aliphatic hydroxyl groups is 1. The zero-order chi connectivity index (χ0) is 15.2. The molecule has 0 atom stereocenters. The van der Waals surface area contributed by atoms with Crippen LogP contribution in [0, 0.1) is 17.7 Å². The maximum absolute atomic E-state index is 13.4. The van der Waals surface area contributed by atoms with Gasteiger partial charge >= 0.3 is 0 Å². The molecule has 1 saturated heterocycles. The predicted molar refractivity (Wildman–Crippen MR) is 77.9 cm³/mol. The van der Waals surface area contributed by atoms with Crippen LogP contribution in [0.3, 0.4) is 0 Å². The van der Waals surface area contributed by atoms with Crippen molar-refractivity contribution in [3.05, 3.63) is 35.1 Å². The Bertz CT molecular complexity index is 577. The van der Waals surface area contributed by atoms with Crippen LogP contribution in [0.25, 0.3) is 0 Å². The van der Waals surface area contributed by atoms with Crippen LogP contribution in [-0.2, 0) is 11.3 Å². The summed E-state index contributed by atoms with van der Waals surface area (Å²) in [5.41, 5.74) is 1.52. The minimum Gasteiger partial charge on any atom is -0.395 e. The van der Waals surface area contributed by atoms with Gasteiger partial charge in [-0.3, -0.25) is 9.69 Å². The lowest BCUT2D eigenvalue weighted by Gasteiger charge is -2.32. The molecule has 0 bridgehead atoms. The molecule has 0 aromatic heterocycles. The average molecular weight is 290 g/mol. The van der Waals surface area contributed by atoms with Crippen LogP contribution in [-0.4, -0.2) is 54.1 Å². The van der Waals surface area contributed by atoms with Gasteiger partial charge in [0, 0.05) is 38.7 Å². The zero-order valence-electron chi connectivity index (χ0n) is 12.1. The van der Waals surface area contributed by atoms with Crippen molar-refractivity contribution in [2.45, 2.75) is 13.0 Å². The van der Waals surface area contributed by atoms with Gasteiger partial charge in [0.2, 0.25) is 5.91 Å². The van der Waals surface area contributed by atoms with E-state index in [1.54, 1.807) is 18.0 Å². The molecule has 1 aliphatic rings. The van der Waals surface area contributed by atoms with Crippen LogP contribution in [0.2, 0.25) is 0 Å². The molecule has 4 nitrogen and oxygen atoms in total. The van der Waals surface area contributed by atoms with E-state index in [0.717, 1.165) is 12.1 Å². The summed E-state index contributed by atoms with van der Waals surface area (Å²) in [6, 6.07) is 4.52. The molecule has 1 amide bonds. The summed E-state index contributed by atoms with van der Waals surface area (Å²) < 4.78 is 13.4. The molecule has 1 aliphatic heterocycles. The van der Waals surface area contributed by atoms with Crippen molar-refractivity contribution >= 4 is 5.91 Å². The number of hydrogen-bond acceptors (Lipinski definition) is 3. The maximum atomic E-state index is 13.4. The summed E-state index contributed by atoms with van der Waals surface area (Å²) >= 11 is 0. The van der Waals surface area contributed by atoms with Crippen molar-refractivity contribution in [2.24, 2.45) is 0 Å². The second kappa shape index (κ2) is 7.21. The maximum Gasteiger partial charge on any atom is 0.236 e. The van der Waals surface area contributed by atoms with Gasteiger partial charge in [0.15, 0.2) is 0 Å². The minimum absolute atomic E-state index is 0.00931. The highest BCUT2D eigenvalue weighted by Crippen LogP contribution is 2.14. The molecule has 0 unspecified atom stereocenters. The third-order valence-corrected chi connectivity index (χ3v) is 3.46. The number of carbonyl (C=O) groups excluding carboxylic acids is 1. The first kappa shape index (κ1) is 15.5. The van der Waals surface area contributed by atoms with Gasteiger partial charge in [-0.15, -0.1) is 0 Å². The first-order chi connectivity index (χ1) is 10.1. The van der Waals surface area contributed by atoms with E-state index in [2.05, 4.69) is 11.8 Å². The zero-order valence-corrected chi connectivity index (χ0v) is 12.1. The SMILES string of the molecule is CN1CCN(Cc2ccc(F)cc2C#CCCO)CC1=O. The second-order valence-electron chi connectivity index (χ2n) is 5.10. The number of carbonyl (C=O) groups is 1. The lowest BCUT2D eigenvalue weighted by molar-refractivity contribution is -0.134. The Morgan fingerprint density at radius 1 is 1.38 bits per heavy atom. The van der Waals surface area contributed by atoms with Crippen molar-refractivity contribution in [1.82, 2.24) is 9.80 Å². The van der Waals surface area contributed by atoms with Crippen molar-refractivity contribution in [1.29, 1.82) is 0 Å². The monoisotopic (exact) mass is 290 g/mol. The highest BCUT2D eigenvalue weighted by atomic mass is 19.1. The third kappa shape index (κ3) is 4.28. The average Bonchev–Trinajstić information content (AvgIpc) is 2.46. The minimum atomic E-state index is -0.332. The molecule has 1 fully saturated rings. The van der Waals surface area contributed by atoms with Gasteiger partial charge in [-0.1, -0.05) is 17.9 Å². The fraction of sp³-hybridized carbons (Fsp3) is 0.438. The molecule has 1 aromatic carbocycles. The third-order valence-electron chi connectivity index (χ3n) is 3.46. The lowest BCUT2D eigenvalue weighted by atomic mass is 10.1. The Balaban J connectivity index is 2.12. The summed E-state index contributed by atoms with van der Waals surface area (Å²) in [5, 5.41) is 8.76. The molecule has 21 heavy (non-hydrogen) atoms. The normalized spacial score (nSPS) is 15.8. The van der Waals surface area contributed by atoms with E-state index in [4.69, 9.17) is 5.11 Å². The summed E-state index contributed by atoms with van der Waals surface area (Å²) in [6.45, 7) is 2.43. The van der Waals surface area contributed by atoms with Crippen LogP contribution in [0.1, 0.15) is 17.5 Å². The number of rotatable bonds is 3. The van der Waals surface area contributed by atoms with Crippen molar-refractivity contribution < 1.29 is 14.3 Å². The lowest BCUT2D eigenvalue weighted by Crippen LogP contribution is -2.48. The Labute approximate surface area is 124 Å². The molecule has 0 saturated carbocycles. The van der Waals surface area contributed by atoms with Gasteiger partial charge in [-0.25, -0.2) is 4.39 Å². The molecule has 1 N–H and O–H groups in total.